The van der Waals surface area contributed by atoms with Gasteiger partial charge in [-0.2, -0.15) is 13.2 Å². The SMILES string of the molecule is O=C(/C=C/c1ccc(C(F)(F)F)cc1)NCC(=O)N1CCc2ncsc2C1. The number of aromatic nitrogens is 1. The van der Waals surface area contributed by atoms with Crippen molar-refractivity contribution in [1.82, 2.24) is 15.2 Å². The first-order valence-electron chi connectivity index (χ1n) is 8.15. The number of carbonyl (C=O) groups excluding carboxylic acids is 2. The van der Waals surface area contributed by atoms with Gasteiger partial charge in [0.05, 0.1) is 29.9 Å². The van der Waals surface area contributed by atoms with Crippen molar-refractivity contribution in [1.29, 1.82) is 0 Å². The molecule has 0 bridgehead atoms. The van der Waals surface area contributed by atoms with E-state index in [1.165, 1.54) is 35.6 Å². The maximum atomic E-state index is 12.5. The first kappa shape index (κ1) is 19.1. The Morgan fingerprint density at radius 2 is 2.00 bits per heavy atom. The molecule has 27 heavy (non-hydrogen) atoms. The Bertz CT molecular complexity index is 859. The minimum absolute atomic E-state index is 0.135. The van der Waals surface area contributed by atoms with E-state index < -0.39 is 17.6 Å². The van der Waals surface area contributed by atoms with Gasteiger partial charge >= 0.3 is 6.18 Å². The van der Waals surface area contributed by atoms with Gasteiger partial charge in [0.25, 0.3) is 0 Å². The minimum Gasteiger partial charge on any atom is -0.343 e. The van der Waals surface area contributed by atoms with E-state index in [0.29, 0.717) is 25.1 Å². The van der Waals surface area contributed by atoms with Crippen LogP contribution in [0.1, 0.15) is 21.7 Å². The van der Waals surface area contributed by atoms with Crippen LogP contribution in [0.5, 0.6) is 0 Å². The van der Waals surface area contributed by atoms with Crippen molar-refractivity contribution in [2.45, 2.75) is 19.1 Å². The van der Waals surface area contributed by atoms with Gasteiger partial charge in [-0.1, -0.05) is 12.1 Å². The second kappa shape index (κ2) is 7.91. The zero-order chi connectivity index (χ0) is 19.4. The number of thiazole rings is 1. The second-order valence-corrected chi connectivity index (χ2v) is 6.90. The summed E-state index contributed by atoms with van der Waals surface area (Å²) < 4.78 is 37.5. The van der Waals surface area contributed by atoms with Crippen molar-refractivity contribution in [3.63, 3.8) is 0 Å². The molecule has 0 spiro atoms. The van der Waals surface area contributed by atoms with Crippen LogP contribution in [0.25, 0.3) is 6.08 Å². The Hall–Kier alpha value is -2.68. The highest BCUT2D eigenvalue weighted by Gasteiger charge is 2.29. The van der Waals surface area contributed by atoms with E-state index in [-0.39, 0.29) is 12.5 Å². The summed E-state index contributed by atoms with van der Waals surface area (Å²) in [7, 11) is 0. The Kier molecular flexibility index (Phi) is 5.59. The molecule has 1 aliphatic heterocycles. The standard InChI is InChI=1S/C18H16F3N3O2S/c19-18(20,21)13-4-1-12(2-5-13)3-6-16(25)22-9-17(26)24-8-7-14-15(10-24)27-11-23-14/h1-6,11H,7-10H2,(H,22,25)/b6-3+. The third kappa shape index (κ3) is 4.94. The van der Waals surface area contributed by atoms with E-state index >= 15 is 0 Å². The van der Waals surface area contributed by atoms with Gasteiger partial charge in [0, 0.05) is 23.9 Å². The lowest BCUT2D eigenvalue weighted by atomic mass is 10.1. The van der Waals surface area contributed by atoms with E-state index in [2.05, 4.69) is 10.3 Å². The second-order valence-electron chi connectivity index (χ2n) is 5.96. The predicted molar refractivity (Wildman–Crippen MR) is 94.7 cm³/mol. The summed E-state index contributed by atoms with van der Waals surface area (Å²) >= 11 is 1.51. The third-order valence-electron chi connectivity index (χ3n) is 4.11. The maximum absolute atomic E-state index is 12.5. The monoisotopic (exact) mass is 395 g/mol. The molecule has 0 saturated heterocycles. The van der Waals surface area contributed by atoms with Crippen LogP contribution in [0.15, 0.2) is 35.9 Å². The summed E-state index contributed by atoms with van der Waals surface area (Å²) in [6, 6.07) is 4.45. The molecule has 0 atom stereocenters. The molecular weight excluding hydrogens is 379 g/mol. The highest BCUT2D eigenvalue weighted by molar-refractivity contribution is 7.09. The van der Waals surface area contributed by atoms with Gasteiger partial charge in [0.15, 0.2) is 0 Å². The van der Waals surface area contributed by atoms with Crippen LogP contribution in [-0.2, 0) is 28.7 Å². The number of fused-ring (bicyclic) bond motifs is 1. The maximum Gasteiger partial charge on any atom is 0.416 e. The van der Waals surface area contributed by atoms with Crippen molar-refractivity contribution in [3.05, 3.63) is 57.6 Å². The van der Waals surface area contributed by atoms with Crippen molar-refractivity contribution in [2.24, 2.45) is 0 Å². The van der Waals surface area contributed by atoms with Crippen molar-refractivity contribution in [2.75, 3.05) is 13.1 Å². The predicted octanol–water partition coefficient (Wildman–Crippen LogP) is 2.88. The third-order valence-corrected chi connectivity index (χ3v) is 4.97. The molecule has 1 aliphatic rings. The van der Waals surface area contributed by atoms with Crippen molar-refractivity contribution in [3.8, 4) is 0 Å². The van der Waals surface area contributed by atoms with E-state index in [1.54, 1.807) is 10.4 Å². The van der Waals surface area contributed by atoms with Crippen LogP contribution in [0.3, 0.4) is 0 Å². The Morgan fingerprint density at radius 1 is 1.26 bits per heavy atom. The smallest absolute Gasteiger partial charge is 0.343 e. The minimum atomic E-state index is -4.39. The average Bonchev–Trinajstić information content (AvgIpc) is 3.11. The number of nitrogens with one attached hydrogen (secondary N) is 1. The molecule has 9 heteroatoms. The van der Waals surface area contributed by atoms with Crippen molar-refractivity contribution >= 4 is 29.2 Å². The number of nitrogens with zero attached hydrogens (tertiary/aromatic N) is 2. The number of carbonyl (C=O) groups is 2. The molecule has 1 N–H and O–H groups in total. The van der Waals surface area contributed by atoms with Crippen LogP contribution in [0.2, 0.25) is 0 Å². The van der Waals surface area contributed by atoms with Gasteiger partial charge < -0.3 is 10.2 Å². The highest BCUT2D eigenvalue weighted by atomic mass is 32.1. The molecule has 1 aromatic heterocycles. The lowest BCUT2D eigenvalue weighted by molar-refractivity contribution is -0.137. The Labute approximate surface area is 157 Å². The van der Waals surface area contributed by atoms with Gasteiger partial charge in [-0.25, -0.2) is 4.98 Å². The van der Waals surface area contributed by atoms with E-state index in [1.807, 2.05) is 0 Å². The molecule has 0 saturated carbocycles. The molecule has 0 aliphatic carbocycles. The van der Waals surface area contributed by atoms with Gasteiger partial charge in [0.2, 0.25) is 11.8 Å². The summed E-state index contributed by atoms with van der Waals surface area (Å²) in [6.07, 6.45) is -1.11. The molecule has 3 rings (SSSR count). The molecule has 142 valence electrons. The fraction of sp³-hybridized carbons (Fsp3) is 0.278. The summed E-state index contributed by atoms with van der Waals surface area (Å²) in [5.74, 6) is -0.677. The molecule has 2 amide bonds. The van der Waals surface area contributed by atoms with Crippen molar-refractivity contribution < 1.29 is 22.8 Å². The van der Waals surface area contributed by atoms with Crippen LogP contribution in [0, 0.1) is 0 Å². The zero-order valence-electron chi connectivity index (χ0n) is 14.1. The first-order valence-corrected chi connectivity index (χ1v) is 9.03. The summed E-state index contributed by atoms with van der Waals surface area (Å²) in [4.78, 5) is 31.0. The molecular formula is C18H16F3N3O2S. The fourth-order valence-corrected chi connectivity index (χ4v) is 3.45. The molecule has 0 unspecified atom stereocenters. The van der Waals surface area contributed by atoms with Crippen LogP contribution < -0.4 is 5.32 Å². The van der Waals surface area contributed by atoms with Gasteiger partial charge in [0.1, 0.15) is 0 Å². The van der Waals surface area contributed by atoms with E-state index in [9.17, 15) is 22.8 Å². The number of hydrogen-bond donors (Lipinski definition) is 1. The van der Waals surface area contributed by atoms with Gasteiger partial charge in [-0.3, -0.25) is 9.59 Å². The molecule has 2 aromatic rings. The van der Waals surface area contributed by atoms with Crippen LogP contribution in [-0.4, -0.2) is 34.8 Å². The number of amides is 2. The zero-order valence-corrected chi connectivity index (χ0v) is 14.9. The topological polar surface area (TPSA) is 62.3 Å². The average molecular weight is 395 g/mol. The lowest BCUT2D eigenvalue weighted by Gasteiger charge is -2.26. The van der Waals surface area contributed by atoms with Gasteiger partial charge in [-0.15, -0.1) is 11.3 Å². The molecule has 0 radical (unpaired) electrons. The van der Waals surface area contributed by atoms with E-state index in [0.717, 1.165) is 22.7 Å². The molecule has 1 aromatic carbocycles. The summed E-state index contributed by atoms with van der Waals surface area (Å²) in [6.45, 7) is 0.924. The quantitative estimate of drug-likeness (QED) is 0.810. The fourth-order valence-electron chi connectivity index (χ4n) is 2.62. The Morgan fingerprint density at radius 3 is 2.70 bits per heavy atom. The largest absolute Gasteiger partial charge is 0.416 e. The lowest BCUT2D eigenvalue weighted by Crippen LogP contribution is -2.42. The first-order chi connectivity index (χ1) is 12.8. The number of halogens is 3. The molecule has 2 heterocycles. The number of benzene rings is 1. The summed E-state index contributed by atoms with van der Waals surface area (Å²) in [5, 5.41) is 2.49. The van der Waals surface area contributed by atoms with Gasteiger partial charge in [-0.05, 0) is 23.8 Å². The molecule has 0 fully saturated rings. The number of alkyl halides is 3. The van der Waals surface area contributed by atoms with Crippen LogP contribution in [0.4, 0.5) is 13.2 Å². The normalized spacial score (nSPS) is 14.3. The number of rotatable bonds is 4. The van der Waals surface area contributed by atoms with Crippen LogP contribution >= 0.6 is 11.3 Å². The highest BCUT2D eigenvalue weighted by Crippen LogP contribution is 2.29. The Balaban J connectivity index is 1.48. The summed E-state index contributed by atoms with van der Waals surface area (Å²) in [5.41, 5.74) is 2.48. The molecule has 5 nitrogen and oxygen atoms in total. The number of hydrogen-bond acceptors (Lipinski definition) is 4. The van der Waals surface area contributed by atoms with E-state index in [4.69, 9.17) is 0 Å².